The molecule has 2 aromatic heterocycles. The summed E-state index contributed by atoms with van der Waals surface area (Å²) in [4.78, 5) is 24.6. The molecule has 1 unspecified atom stereocenters. The third-order valence-electron chi connectivity index (χ3n) is 6.44. The number of nitrogens with zero attached hydrogens (tertiary/aromatic N) is 4. The molecule has 0 bridgehead atoms. The molecular formula is C26H25FN4O2S. The van der Waals surface area contributed by atoms with Crippen LogP contribution in [0, 0.1) is 11.7 Å². The highest BCUT2D eigenvalue weighted by atomic mass is 32.2. The third-order valence-corrected chi connectivity index (χ3v) is 7.38. The van der Waals surface area contributed by atoms with E-state index >= 15 is 0 Å². The summed E-state index contributed by atoms with van der Waals surface area (Å²) in [6.07, 6.45) is 8.51. The van der Waals surface area contributed by atoms with Gasteiger partial charge in [-0.3, -0.25) is 9.36 Å². The third kappa shape index (κ3) is 4.19. The van der Waals surface area contributed by atoms with Gasteiger partial charge >= 0.3 is 0 Å². The summed E-state index contributed by atoms with van der Waals surface area (Å²) >= 11 is -1.24. The van der Waals surface area contributed by atoms with Gasteiger partial charge in [0.2, 0.25) is 5.95 Å². The predicted molar refractivity (Wildman–Crippen MR) is 131 cm³/mol. The zero-order valence-electron chi connectivity index (χ0n) is 19.1. The molecule has 0 N–H and O–H groups in total. The Hall–Kier alpha value is -3.23. The van der Waals surface area contributed by atoms with E-state index < -0.39 is 11.2 Å². The molecule has 5 rings (SSSR count). The molecule has 174 valence electrons. The van der Waals surface area contributed by atoms with Crippen LogP contribution < -0.4 is 0 Å². The number of hydrogen-bond acceptors (Lipinski definition) is 4. The molecule has 1 fully saturated rings. The van der Waals surface area contributed by atoms with Gasteiger partial charge in [0.1, 0.15) is 12.1 Å². The smallest absolute Gasteiger partial charge is 0.253 e. The Morgan fingerprint density at radius 2 is 1.82 bits per heavy atom. The van der Waals surface area contributed by atoms with Crippen molar-refractivity contribution >= 4 is 28.0 Å². The molecule has 1 aliphatic rings. The second kappa shape index (κ2) is 9.19. The summed E-state index contributed by atoms with van der Waals surface area (Å²) < 4.78 is 28.3. The molecule has 0 radical (unpaired) electrons. The van der Waals surface area contributed by atoms with Crippen LogP contribution in [0.2, 0.25) is 0 Å². The fourth-order valence-corrected chi connectivity index (χ4v) is 5.13. The van der Waals surface area contributed by atoms with Crippen molar-refractivity contribution in [1.82, 2.24) is 19.4 Å². The lowest BCUT2D eigenvalue weighted by Crippen LogP contribution is -2.37. The topological polar surface area (TPSA) is 74.1 Å². The van der Waals surface area contributed by atoms with Crippen LogP contribution in [0.3, 0.4) is 0 Å². The molecule has 1 saturated heterocycles. The normalized spacial score (nSPS) is 15.6. The van der Waals surface area contributed by atoms with Gasteiger partial charge in [-0.05, 0) is 54.2 Å². The molecule has 34 heavy (non-hydrogen) atoms. The fraction of sp³-hybridized carbons (Fsp3) is 0.269. The van der Waals surface area contributed by atoms with Crippen molar-refractivity contribution in [3.8, 4) is 17.1 Å². The first-order valence-electron chi connectivity index (χ1n) is 11.3. The van der Waals surface area contributed by atoms with Crippen LogP contribution in [0.5, 0.6) is 0 Å². The van der Waals surface area contributed by atoms with Gasteiger partial charge in [0.05, 0.1) is 17.1 Å². The number of aromatic nitrogens is 3. The first kappa shape index (κ1) is 22.6. The summed E-state index contributed by atoms with van der Waals surface area (Å²) in [6, 6.07) is 11.9. The van der Waals surface area contributed by atoms with Crippen molar-refractivity contribution in [2.45, 2.75) is 24.7 Å². The van der Waals surface area contributed by atoms with Gasteiger partial charge in [0, 0.05) is 42.2 Å². The predicted octanol–water partition coefficient (Wildman–Crippen LogP) is 4.84. The number of benzene rings is 2. The number of halogens is 1. The minimum Gasteiger partial charge on any atom is -0.612 e. The lowest BCUT2D eigenvalue weighted by atomic mass is 9.98. The molecule has 1 atom stereocenters. The largest absolute Gasteiger partial charge is 0.612 e. The van der Waals surface area contributed by atoms with Crippen LogP contribution in [-0.4, -0.2) is 49.2 Å². The highest BCUT2D eigenvalue weighted by Gasteiger charge is 2.24. The standard InChI is InChI=1S/C26H25FN4O2S/c1-17-9-11-30(12-10-17)25(32)18-7-8-21-23(13-18)31(16-24(21)34(2)33)26-28-14-19(15-29-26)20-5-3-4-6-22(20)27/h3-8,13-17H,9-12H2,1-2H3. The van der Waals surface area contributed by atoms with E-state index in [1.54, 1.807) is 53.7 Å². The quantitative estimate of drug-likeness (QED) is 0.395. The number of rotatable bonds is 4. The molecule has 4 aromatic rings. The van der Waals surface area contributed by atoms with Crippen molar-refractivity contribution in [2.24, 2.45) is 5.92 Å². The lowest BCUT2D eigenvalue weighted by Gasteiger charge is -2.30. The highest BCUT2D eigenvalue weighted by molar-refractivity contribution is 7.91. The molecule has 0 aliphatic carbocycles. The van der Waals surface area contributed by atoms with Crippen LogP contribution in [-0.2, 0) is 11.2 Å². The van der Waals surface area contributed by atoms with Gasteiger partial charge < -0.3 is 9.45 Å². The van der Waals surface area contributed by atoms with Gasteiger partial charge in [0.15, 0.2) is 4.90 Å². The molecule has 0 spiro atoms. The maximum absolute atomic E-state index is 14.2. The van der Waals surface area contributed by atoms with Gasteiger partial charge in [0.25, 0.3) is 5.91 Å². The zero-order chi connectivity index (χ0) is 23.8. The molecule has 1 amide bonds. The molecule has 0 saturated carbocycles. The van der Waals surface area contributed by atoms with Gasteiger partial charge in [-0.15, -0.1) is 0 Å². The average molecular weight is 477 g/mol. The van der Waals surface area contributed by atoms with Crippen molar-refractivity contribution in [2.75, 3.05) is 19.3 Å². The highest BCUT2D eigenvalue weighted by Crippen LogP contribution is 2.30. The summed E-state index contributed by atoms with van der Waals surface area (Å²) in [6.45, 7) is 3.72. The molecule has 8 heteroatoms. The number of carbonyl (C=O) groups is 1. The van der Waals surface area contributed by atoms with Crippen LogP contribution in [0.1, 0.15) is 30.1 Å². The first-order chi connectivity index (χ1) is 16.4. The summed E-state index contributed by atoms with van der Waals surface area (Å²) in [5, 5.41) is 0.784. The van der Waals surface area contributed by atoms with Crippen molar-refractivity contribution in [3.05, 3.63) is 72.4 Å². The zero-order valence-corrected chi connectivity index (χ0v) is 19.9. The number of amides is 1. The molecular weight excluding hydrogens is 451 g/mol. The van der Waals surface area contributed by atoms with E-state index in [2.05, 4.69) is 16.9 Å². The van der Waals surface area contributed by atoms with Gasteiger partial charge in [-0.2, -0.15) is 0 Å². The molecule has 1 aliphatic heterocycles. The Labute approximate surface area is 200 Å². The second-order valence-corrected chi connectivity index (χ2v) is 10.1. The maximum Gasteiger partial charge on any atom is 0.253 e. The summed E-state index contributed by atoms with van der Waals surface area (Å²) in [5.74, 6) is 0.647. The van der Waals surface area contributed by atoms with E-state index in [1.165, 1.54) is 6.07 Å². The van der Waals surface area contributed by atoms with E-state index in [0.717, 1.165) is 31.3 Å². The number of fused-ring (bicyclic) bond motifs is 1. The Bertz CT molecular complexity index is 1340. The monoisotopic (exact) mass is 476 g/mol. The minimum atomic E-state index is -1.24. The number of likely N-dealkylation sites (tertiary alicyclic amines) is 1. The Morgan fingerprint density at radius 3 is 2.50 bits per heavy atom. The lowest BCUT2D eigenvalue weighted by molar-refractivity contribution is 0.0697. The minimum absolute atomic E-state index is 0.00320. The number of carbonyl (C=O) groups excluding carboxylic acids is 1. The Morgan fingerprint density at radius 1 is 1.12 bits per heavy atom. The van der Waals surface area contributed by atoms with Crippen molar-refractivity contribution in [3.63, 3.8) is 0 Å². The summed E-state index contributed by atoms with van der Waals surface area (Å²) in [7, 11) is 0. The number of hydrogen-bond donors (Lipinski definition) is 0. The van der Waals surface area contributed by atoms with Crippen LogP contribution in [0.15, 0.2) is 66.0 Å². The van der Waals surface area contributed by atoms with E-state index in [0.29, 0.717) is 39.0 Å². The van der Waals surface area contributed by atoms with Crippen molar-refractivity contribution < 1.29 is 13.7 Å². The van der Waals surface area contributed by atoms with E-state index in [9.17, 15) is 13.7 Å². The van der Waals surface area contributed by atoms with Crippen LogP contribution >= 0.6 is 0 Å². The summed E-state index contributed by atoms with van der Waals surface area (Å²) in [5.41, 5.74) is 2.27. The van der Waals surface area contributed by atoms with E-state index in [1.807, 2.05) is 17.0 Å². The van der Waals surface area contributed by atoms with Crippen molar-refractivity contribution in [1.29, 1.82) is 0 Å². The molecule has 6 nitrogen and oxygen atoms in total. The fourth-order valence-electron chi connectivity index (χ4n) is 4.40. The van der Waals surface area contributed by atoms with Crippen LogP contribution in [0.25, 0.3) is 28.0 Å². The first-order valence-corrected chi connectivity index (χ1v) is 12.8. The molecule has 3 heterocycles. The van der Waals surface area contributed by atoms with E-state index in [-0.39, 0.29) is 11.7 Å². The maximum atomic E-state index is 14.2. The Balaban J connectivity index is 1.54. The van der Waals surface area contributed by atoms with E-state index in [4.69, 9.17) is 0 Å². The Kier molecular flexibility index (Phi) is 6.10. The second-order valence-electron chi connectivity index (χ2n) is 8.78. The van der Waals surface area contributed by atoms with Gasteiger partial charge in [-0.25, -0.2) is 14.4 Å². The molecule has 2 aromatic carbocycles. The average Bonchev–Trinajstić information content (AvgIpc) is 3.24. The SMILES string of the molecule is CC1CCN(C(=O)c2ccc3c([S+](C)[O-])cn(-c4ncc(-c5ccccc5F)cn4)c3c2)CC1. The van der Waals surface area contributed by atoms with Crippen LogP contribution in [0.4, 0.5) is 4.39 Å². The number of piperidine rings is 1. The van der Waals surface area contributed by atoms with Gasteiger partial charge in [-0.1, -0.05) is 25.1 Å².